The van der Waals surface area contributed by atoms with Crippen molar-refractivity contribution in [3.8, 4) is 5.69 Å². The lowest BCUT2D eigenvalue weighted by Crippen LogP contribution is -2.41. The number of nitrogens with zero attached hydrogens (tertiary/aromatic N) is 4. The van der Waals surface area contributed by atoms with Gasteiger partial charge >= 0.3 is 11.8 Å². The van der Waals surface area contributed by atoms with Crippen LogP contribution in [0.15, 0.2) is 120 Å². The summed E-state index contributed by atoms with van der Waals surface area (Å²) in [7, 11) is 0. The van der Waals surface area contributed by atoms with Gasteiger partial charge in [0.05, 0.1) is 16.7 Å². The van der Waals surface area contributed by atoms with Crippen molar-refractivity contribution in [2.75, 3.05) is 26.2 Å². The monoisotopic (exact) mass is 560 g/mol. The van der Waals surface area contributed by atoms with Gasteiger partial charge in [-0.25, -0.2) is 9.59 Å². The summed E-state index contributed by atoms with van der Waals surface area (Å²) >= 11 is 0. The van der Waals surface area contributed by atoms with Crippen LogP contribution in [0, 0.1) is 0 Å². The van der Waals surface area contributed by atoms with Gasteiger partial charge in [0, 0.05) is 38.8 Å². The third kappa shape index (κ3) is 6.16. The number of likely N-dealkylation sites (tertiary alicyclic amines) is 1. The number of piperidine rings is 1. The molecular weight excluding hydrogens is 524 g/mol. The van der Waals surface area contributed by atoms with Crippen LogP contribution in [0.1, 0.15) is 30.0 Å². The van der Waals surface area contributed by atoms with E-state index >= 15 is 0 Å². The molecule has 0 atom stereocenters. The van der Waals surface area contributed by atoms with Gasteiger partial charge in [-0.2, -0.15) is 0 Å². The molecule has 1 aliphatic rings. The van der Waals surface area contributed by atoms with Crippen LogP contribution in [0.3, 0.4) is 0 Å². The fourth-order valence-corrected chi connectivity index (χ4v) is 5.91. The van der Waals surface area contributed by atoms with E-state index < -0.39 is 0 Å². The normalized spacial score (nSPS) is 14.0. The molecule has 0 unspecified atom stereocenters. The van der Waals surface area contributed by atoms with E-state index in [-0.39, 0.29) is 17.8 Å². The number of para-hydroxylation sites is 3. The fraction of sp³-hybridized carbons (Fsp3) is 0.257. The molecule has 1 aromatic heterocycles. The Bertz CT molecular complexity index is 1620. The second-order valence-electron chi connectivity index (χ2n) is 10.8. The molecule has 7 nitrogen and oxygen atoms in total. The molecule has 7 heteroatoms. The minimum Gasteiger partial charge on any atom is -0.448 e. The Kier molecular flexibility index (Phi) is 8.47. The molecule has 42 heavy (non-hydrogen) atoms. The summed E-state index contributed by atoms with van der Waals surface area (Å²) in [5.74, 6) is 0. The molecule has 2 heterocycles. The van der Waals surface area contributed by atoms with Gasteiger partial charge in [-0.1, -0.05) is 91.0 Å². The highest BCUT2D eigenvalue weighted by Crippen LogP contribution is 2.27. The highest BCUT2D eigenvalue weighted by Gasteiger charge is 2.28. The van der Waals surface area contributed by atoms with Crippen LogP contribution in [0.25, 0.3) is 16.7 Å². The molecule has 214 valence electrons. The quantitative estimate of drug-likeness (QED) is 0.213. The van der Waals surface area contributed by atoms with Crippen molar-refractivity contribution in [3.63, 3.8) is 0 Å². The predicted octanol–water partition coefficient (Wildman–Crippen LogP) is 6.27. The maximum Gasteiger partial charge on any atom is 0.409 e. The summed E-state index contributed by atoms with van der Waals surface area (Å²) in [5, 5.41) is 0. The summed E-state index contributed by atoms with van der Waals surface area (Å²) in [4.78, 5) is 30.8. The van der Waals surface area contributed by atoms with Crippen molar-refractivity contribution in [1.82, 2.24) is 18.9 Å². The van der Waals surface area contributed by atoms with Crippen molar-refractivity contribution >= 4 is 17.1 Å². The second-order valence-corrected chi connectivity index (χ2v) is 10.8. The van der Waals surface area contributed by atoms with Gasteiger partial charge in [-0.3, -0.25) is 14.0 Å². The van der Waals surface area contributed by atoms with Crippen molar-refractivity contribution in [2.45, 2.75) is 32.0 Å². The number of hydrogen-bond donors (Lipinski definition) is 0. The summed E-state index contributed by atoms with van der Waals surface area (Å²) in [5.41, 5.74) is 5.08. The van der Waals surface area contributed by atoms with Crippen LogP contribution in [-0.4, -0.2) is 51.3 Å². The first-order valence-electron chi connectivity index (χ1n) is 14.7. The first-order valence-corrected chi connectivity index (χ1v) is 14.7. The molecule has 1 aliphatic heterocycles. The van der Waals surface area contributed by atoms with Gasteiger partial charge in [-0.15, -0.1) is 0 Å². The standard InChI is InChI=1S/C35H36N4O3/c40-34-38(30-16-8-3-9-17-30)32-18-10-11-19-33(32)39(34)31-20-22-37(23-21-31)35(41)42-25-24-36(26-28-12-4-1-5-13-28)27-29-14-6-2-7-15-29/h1-19,31H,20-27H2. The number of carbonyl (C=O) groups excluding carboxylic acids is 1. The molecule has 6 rings (SSSR count). The molecule has 0 saturated carbocycles. The van der Waals surface area contributed by atoms with Crippen LogP contribution < -0.4 is 5.69 Å². The zero-order valence-corrected chi connectivity index (χ0v) is 23.7. The van der Waals surface area contributed by atoms with E-state index in [0.717, 1.165) is 29.8 Å². The molecule has 1 amide bonds. The molecule has 0 bridgehead atoms. The molecule has 1 fully saturated rings. The Labute approximate surface area is 246 Å². The Morgan fingerprint density at radius 2 is 1.24 bits per heavy atom. The fourth-order valence-electron chi connectivity index (χ4n) is 5.91. The maximum atomic E-state index is 13.7. The van der Waals surface area contributed by atoms with E-state index in [2.05, 4.69) is 29.2 Å². The van der Waals surface area contributed by atoms with Gasteiger partial charge in [0.25, 0.3) is 0 Å². The topological polar surface area (TPSA) is 59.7 Å². The highest BCUT2D eigenvalue weighted by atomic mass is 16.6. The number of fused-ring (bicyclic) bond motifs is 1. The van der Waals surface area contributed by atoms with Gasteiger partial charge in [-0.05, 0) is 48.2 Å². The Morgan fingerprint density at radius 3 is 1.83 bits per heavy atom. The largest absolute Gasteiger partial charge is 0.448 e. The lowest BCUT2D eigenvalue weighted by atomic mass is 10.0. The Morgan fingerprint density at radius 1 is 0.714 bits per heavy atom. The summed E-state index contributed by atoms with van der Waals surface area (Å²) in [6.07, 6.45) is 1.12. The smallest absolute Gasteiger partial charge is 0.409 e. The van der Waals surface area contributed by atoms with E-state index in [9.17, 15) is 9.59 Å². The lowest BCUT2D eigenvalue weighted by Gasteiger charge is -2.32. The van der Waals surface area contributed by atoms with Crippen LogP contribution in [-0.2, 0) is 17.8 Å². The first kappa shape index (κ1) is 27.5. The molecule has 0 N–H and O–H groups in total. The number of benzene rings is 4. The van der Waals surface area contributed by atoms with Gasteiger partial charge in [0.1, 0.15) is 6.61 Å². The average Bonchev–Trinajstić information content (AvgIpc) is 3.34. The summed E-state index contributed by atoms with van der Waals surface area (Å²) in [6, 6.07) is 38.4. The van der Waals surface area contributed by atoms with Crippen molar-refractivity contribution in [3.05, 3.63) is 137 Å². The maximum absolute atomic E-state index is 13.7. The van der Waals surface area contributed by atoms with Crippen LogP contribution in [0.2, 0.25) is 0 Å². The highest BCUT2D eigenvalue weighted by molar-refractivity contribution is 5.78. The molecule has 0 spiro atoms. The number of carbonyl (C=O) groups is 1. The number of ether oxygens (including phenoxy) is 1. The van der Waals surface area contributed by atoms with Crippen molar-refractivity contribution in [2.24, 2.45) is 0 Å². The third-order valence-corrected chi connectivity index (χ3v) is 8.01. The zero-order valence-electron chi connectivity index (χ0n) is 23.7. The van der Waals surface area contributed by atoms with Gasteiger partial charge in [0.2, 0.25) is 0 Å². The molecule has 1 saturated heterocycles. The molecular formula is C35H36N4O3. The molecule has 0 radical (unpaired) electrons. The van der Waals surface area contributed by atoms with Crippen LogP contribution >= 0.6 is 0 Å². The third-order valence-electron chi connectivity index (χ3n) is 8.01. The first-order chi connectivity index (χ1) is 20.7. The minimum atomic E-state index is -0.285. The van der Waals surface area contributed by atoms with E-state index in [1.54, 1.807) is 9.47 Å². The number of imidazole rings is 1. The Hall–Kier alpha value is -4.62. The summed E-state index contributed by atoms with van der Waals surface area (Å²) in [6.45, 7) is 3.63. The van der Waals surface area contributed by atoms with Gasteiger partial charge < -0.3 is 9.64 Å². The molecule has 5 aromatic rings. The predicted molar refractivity (Wildman–Crippen MR) is 166 cm³/mol. The number of amides is 1. The number of rotatable bonds is 9. The van der Waals surface area contributed by atoms with Crippen molar-refractivity contribution in [1.29, 1.82) is 0 Å². The lowest BCUT2D eigenvalue weighted by molar-refractivity contribution is 0.0769. The Balaban J connectivity index is 1.08. The van der Waals surface area contributed by atoms with E-state index in [4.69, 9.17) is 4.74 Å². The molecule has 4 aromatic carbocycles. The van der Waals surface area contributed by atoms with Crippen LogP contribution in [0.5, 0.6) is 0 Å². The van der Waals surface area contributed by atoms with Crippen molar-refractivity contribution < 1.29 is 9.53 Å². The number of aromatic nitrogens is 2. The summed E-state index contributed by atoms with van der Waals surface area (Å²) < 4.78 is 9.45. The van der Waals surface area contributed by atoms with Crippen LogP contribution in [0.4, 0.5) is 4.79 Å². The average molecular weight is 561 g/mol. The van der Waals surface area contributed by atoms with Gasteiger partial charge in [0.15, 0.2) is 0 Å². The van der Waals surface area contributed by atoms with E-state index in [1.165, 1.54) is 11.1 Å². The number of hydrogen-bond acceptors (Lipinski definition) is 4. The minimum absolute atomic E-state index is 0.0173. The SMILES string of the molecule is O=C(OCCN(Cc1ccccc1)Cc1ccccc1)N1CCC(n2c(=O)n(-c3ccccc3)c3ccccc32)CC1. The molecule has 0 aliphatic carbocycles. The van der Waals surface area contributed by atoms with E-state index in [1.807, 2.05) is 95.6 Å². The zero-order chi connectivity index (χ0) is 28.7. The van der Waals surface area contributed by atoms with E-state index in [0.29, 0.717) is 39.1 Å². The second kappa shape index (κ2) is 12.9.